The number of nitrogens with one attached hydrogen (secondary N) is 1. The number of nitrogens with two attached hydrogens (primary N) is 1. The molecule has 2 rings (SSSR count). The van der Waals surface area contributed by atoms with Gasteiger partial charge in [-0.25, -0.2) is 27.7 Å². The number of ether oxygens (including phenoxy) is 1. The van der Waals surface area contributed by atoms with Gasteiger partial charge in [-0.05, 0) is 6.92 Å². The molecule has 0 bridgehead atoms. The van der Waals surface area contributed by atoms with Crippen LogP contribution >= 0.6 is 23.5 Å². The van der Waals surface area contributed by atoms with Crippen LogP contribution in [0.15, 0.2) is 15.9 Å². The number of alkyl halides is 1. The fourth-order valence-electron chi connectivity index (χ4n) is 2.83. The molecule has 1 aromatic heterocycles. The molecule has 0 radical (unpaired) electrons. The molecule has 1 aliphatic heterocycles. The van der Waals surface area contributed by atoms with Crippen LogP contribution in [0, 0.1) is 11.8 Å². The number of hydrogen-bond acceptors (Lipinski definition) is 12. The molecule has 8 N–H and O–H groups in total. The van der Waals surface area contributed by atoms with E-state index >= 15 is 0 Å². The van der Waals surface area contributed by atoms with E-state index in [2.05, 4.69) is 24.0 Å². The summed E-state index contributed by atoms with van der Waals surface area (Å²) >= 11 is 0. The van der Waals surface area contributed by atoms with Gasteiger partial charge in [-0.15, -0.1) is 0 Å². The highest BCUT2D eigenvalue weighted by Gasteiger charge is 2.57. The maximum atomic E-state index is 12.6. The fourth-order valence-corrected chi connectivity index (χ4v) is 6.03. The van der Waals surface area contributed by atoms with Crippen molar-refractivity contribution in [2.24, 2.45) is 5.73 Å². The van der Waals surface area contributed by atoms with E-state index in [1.54, 1.807) is 4.98 Å². The number of aromatic nitrogens is 3. The van der Waals surface area contributed by atoms with Gasteiger partial charge in [0.25, 0.3) is 0 Å². The Morgan fingerprint density at radius 1 is 1.29 bits per heavy atom. The molecule has 18 nitrogen and oxygen atoms in total. The van der Waals surface area contributed by atoms with Gasteiger partial charge in [0.2, 0.25) is 0 Å². The Morgan fingerprint density at radius 2 is 1.91 bits per heavy atom. The number of halogens is 1. The highest BCUT2D eigenvalue weighted by atomic mass is 31.3. The average molecular weight is 554 g/mol. The standard InChI is InChI=1S/C12H18FN4O14P3/c1-6(29-33(24,25)31-34(26,27)30-32(21,22)23)7-8(18)12(14,3-2-4-13)9(28-7)17-5-15-10(19)16-11(17)20/h5-9,18H,4,14H2,1H3,(H,24,25)(H,26,27)(H,16,19,20)(H2,21,22,23)/t6-,7+,8-,9+,12?/m0/s1. The average Bonchev–Trinajstić information content (AvgIpc) is 2.88. The molecule has 0 aliphatic carbocycles. The molecule has 1 fully saturated rings. The Bertz CT molecular complexity index is 1240. The van der Waals surface area contributed by atoms with E-state index in [-0.39, 0.29) is 0 Å². The van der Waals surface area contributed by atoms with Crippen LogP contribution in [-0.4, -0.2) is 69.7 Å². The van der Waals surface area contributed by atoms with Crippen LogP contribution in [0.2, 0.25) is 0 Å². The highest BCUT2D eigenvalue weighted by Crippen LogP contribution is 2.66. The predicted octanol–water partition coefficient (Wildman–Crippen LogP) is -2.41. The maximum Gasteiger partial charge on any atom is 0.490 e. The molecule has 1 aliphatic rings. The van der Waals surface area contributed by atoms with E-state index in [0.717, 1.165) is 6.92 Å². The summed E-state index contributed by atoms with van der Waals surface area (Å²) in [4.78, 5) is 64.4. The summed E-state index contributed by atoms with van der Waals surface area (Å²) in [6.07, 6.45) is -6.61. The minimum absolute atomic E-state index is 0.578. The Kier molecular flexibility index (Phi) is 8.56. The second kappa shape index (κ2) is 10.2. The molecular formula is C12H18FN4O14P3. The summed E-state index contributed by atoms with van der Waals surface area (Å²) in [5.74, 6) is 4.08. The van der Waals surface area contributed by atoms with Crippen LogP contribution in [0.25, 0.3) is 0 Å². The first-order valence-corrected chi connectivity index (χ1v) is 13.1. The number of aromatic amines is 1. The molecule has 2 heterocycles. The van der Waals surface area contributed by atoms with Gasteiger partial charge in [0.1, 0.15) is 25.2 Å². The molecular weight excluding hydrogens is 536 g/mol. The van der Waals surface area contributed by atoms with Crippen LogP contribution in [0.1, 0.15) is 13.2 Å². The molecule has 0 aromatic carbocycles. The number of phosphoric ester groups is 1. The first kappa shape index (κ1) is 28.6. The van der Waals surface area contributed by atoms with Crippen LogP contribution in [-0.2, 0) is 31.6 Å². The Morgan fingerprint density at radius 3 is 2.44 bits per heavy atom. The number of hydrogen-bond donors (Lipinski definition) is 7. The van der Waals surface area contributed by atoms with Crippen molar-refractivity contribution < 1.29 is 60.6 Å². The van der Waals surface area contributed by atoms with Crippen molar-refractivity contribution in [3.05, 3.63) is 27.3 Å². The highest BCUT2D eigenvalue weighted by molar-refractivity contribution is 7.66. The van der Waals surface area contributed by atoms with Gasteiger partial charge in [0.05, 0.1) is 6.10 Å². The normalized spacial score (nSPS) is 29.5. The minimum atomic E-state index is -5.83. The number of aliphatic hydroxyl groups is 1. The number of aliphatic hydroxyl groups excluding tert-OH is 1. The molecule has 192 valence electrons. The van der Waals surface area contributed by atoms with E-state index in [0.29, 0.717) is 10.9 Å². The van der Waals surface area contributed by atoms with Crippen LogP contribution in [0.3, 0.4) is 0 Å². The van der Waals surface area contributed by atoms with Gasteiger partial charge in [0.15, 0.2) is 11.8 Å². The van der Waals surface area contributed by atoms with Crippen molar-refractivity contribution in [1.29, 1.82) is 0 Å². The lowest BCUT2D eigenvalue weighted by Gasteiger charge is -2.28. The van der Waals surface area contributed by atoms with Crippen molar-refractivity contribution in [2.75, 3.05) is 6.67 Å². The second-order valence-electron chi connectivity index (χ2n) is 6.55. The smallest absolute Gasteiger partial charge is 0.387 e. The topological polar surface area (TPSA) is 283 Å². The van der Waals surface area contributed by atoms with Crippen molar-refractivity contribution in [2.45, 2.75) is 37.0 Å². The minimum Gasteiger partial charge on any atom is -0.387 e. The van der Waals surface area contributed by atoms with Crippen LogP contribution < -0.4 is 17.1 Å². The van der Waals surface area contributed by atoms with Crippen LogP contribution in [0.5, 0.6) is 0 Å². The van der Waals surface area contributed by atoms with Gasteiger partial charge in [-0.2, -0.15) is 13.6 Å². The third-order valence-electron chi connectivity index (χ3n) is 4.05. The van der Waals surface area contributed by atoms with Gasteiger partial charge in [-0.3, -0.25) is 14.1 Å². The lowest BCUT2D eigenvalue weighted by atomic mass is 9.90. The van der Waals surface area contributed by atoms with Gasteiger partial charge in [-0.1, -0.05) is 11.8 Å². The van der Waals surface area contributed by atoms with E-state index in [1.165, 1.54) is 0 Å². The largest absolute Gasteiger partial charge is 0.490 e. The monoisotopic (exact) mass is 554 g/mol. The van der Waals surface area contributed by atoms with Gasteiger partial charge < -0.3 is 35.2 Å². The van der Waals surface area contributed by atoms with Crippen LogP contribution in [0.4, 0.5) is 4.39 Å². The number of rotatable bonds is 8. The summed E-state index contributed by atoms with van der Waals surface area (Å²) in [7, 11) is -17.1. The Labute approximate surface area is 187 Å². The lowest BCUT2D eigenvalue weighted by Crippen LogP contribution is -2.56. The number of H-pyrrole nitrogens is 1. The van der Waals surface area contributed by atoms with E-state index in [4.69, 9.17) is 20.3 Å². The quantitative estimate of drug-likeness (QED) is 0.130. The molecule has 0 saturated carbocycles. The zero-order valence-electron chi connectivity index (χ0n) is 16.7. The molecule has 1 saturated heterocycles. The summed E-state index contributed by atoms with van der Waals surface area (Å²) < 4.78 is 64.6. The maximum absolute atomic E-state index is 12.6. The van der Waals surface area contributed by atoms with Crippen molar-refractivity contribution >= 4 is 23.5 Å². The first-order valence-electron chi connectivity index (χ1n) is 8.59. The van der Waals surface area contributed by atoms with E-state index in [1.807, 2.05) is 5.92 Å². The number of phosphoric acid groups is 3. The van der Waals surface area contributed by atoms with Crippen molar-refractivity contribution in [3.8, 4) is 11.8 Å². The zero-order chi connectivity index (χ0) is 26.1. The lowest BCUT2D eigenvalue weighted by molar-refractivity contribution is -0.0758. The van der Waals surface area contributed by atoms with E-state index < -0.39 is 71.6 Å². The zero-order valence-corrected chi connectivity index (χ0v) is 19.4. The summed E-state index contributed by atoms with van der Waals surface area (Å²) in [5, 5.41) is 10.7. The fraction of sp³-hybridized carbons (Fsp3) is 0.583. The van der Waals surface area contributed by atoms with E-state index in [9.17, 15) is 42.6 Å². The molecule has 1 aromatic rings. The molecule has 0 amide bonds. The Balaban J connectivity index is 2.35. The number of nitrogens with zero attached hydrogens (tertiary/aromatic N) is 2. The first-order chi connectivity index (χ1) is 15.4. The summed E-state index contributed by atoms with van der Waals surface area (Å²) in [6, 6.07) is 0. The van der Waals surface area contributed by atoms with Gasteiger partial charge >= 0.3 is 34.8 Å². The van der Waals surface area contributed by atoms with Gasteiger partial charge in [0, 0.05) is 0 Å². The molecule has 7 atom stereocenters. The second-order valence-corrected chi connectivity index (χ2v) is 10.9. The van der Waals surface area contributed by atoms with Crippen molar-refractivity contribution in [1.82, 2.24) is 14.5 Å². The van der Waals surface area contributed by atoms with Crippen molar-refractivity contribution in [3.63, 3.8) is 0 Å². The molecule has 34 heavy (non-hydrogen) atoms. The Hall–Kier alpha value is -1.61. The third-order valence-corrected chi connectivity index (χ3v) is 7.97. The molecule has 22 heteroatoms. The summed E-state index contributed by atoms with van der Waals surface area (Å²) in [6.45, 7) is -0.273. The molecule has 0 spiro atoms. The predicted molar refractivity (Wildman–Crippen MR) is 104 cm³/mol. The third kappa shape index (κ3) is 6.97. The SMILES string of the molecule is C[C@H](OP(=O)(O)OP(=O)(O)OP(=O)(O)O)[C@H]1O[C@@H](n2cnc(=O)[nH]c2=O)C(N)(C#CCF)[C@H]1O. The molecule has 3 unspecified atom stereocenters. The summed E-state index contributed by atoms with van der Waals surface area (Å²) in [5.41, 5.74) is 1.57.